The number of carbonyl (C=O) groups is 1. The van der Waals surface area contributed by atoms with Crippen molar-refractivity contribution >= 4 is 41.6 Å². The first-order valence-corrected chi connectivity index (χ1v) is 15.6. The van der Waals surface area contributed by atoms with Gasteiger partial charge in [-0.05, 0) is 92.5 Å². The maximum Gasteiger partial charge on any atom is 0.305 e. The number of hydrogen-bond acceptors (Lipinski definition) is 4. The molecule has 3 aliphatic rings. The molecule has 4 atom stereocenters. The Balaban J connectivity index is 1.66. The number of rotatable bonds is 6. The Bertz CT molecular complexity index is 1930. The summed E-state index contributed by atoms with van der Waals surface area (Å²) in [6.45, 7) is 19.3. The molecule has 0 amide bonds. The minimum absolute atomic E-state index is 0.0569. The Kier molecular flexibility index (Phi) is 7.31. The van der Waals surface area contributed by atoms with Crippen LogP contribution in [0.1, 0.15) is 85.4 Å². The number of aromatic nitrogens is 3. The maximum atomic E-state index is 12.5. The highest BCUT2D eigenvalue weighted by molar-refractivity contribution is 5.75. The molecule has 7 heteroatoms. The number of nitrogens with one attached hydrogen (secondary N) is 4. The Hall–Kier alpha value is -4.13. The highest BCUT2D eigenvalue weighted by Crippen LogP contribution is 2.41. The maximum absolute atomic E-state index is 12.5. The van der Waals surface area contributed by atoms with Crippen molar-refractivity contribution in [3.63, 3.8) is 0 Å². The van der Waals surface area contributed by atoms with Crippen LogP contribution in [-0.2, 0) is 16.0 Å². The summed E-state index contributed by atoms with van der Waals surface area (Å²) < 4.78 is 5.31. The molecular formula is C36H44N4O3. The van der Waals surface area contributed by atoms with Gasteiger partial charge in [-0.25, -0.2) is 0 Å². The van der Waals surface area contributed by atoms with Crippen LogP contribution in [0, 0.1) is 38.5 Å². The summed E-state index contributed by atoms with van der Waals surface area (Å²) in [5.41, 5.74) is 11.1. The lowest BCUT2D eigenvalue weighted by molar-refractivity contribution is -0.143. The van der Waals surface area contributed by atoms with E-state index in [0.717, 1.165) is 72.7 Å². The average Bonchev–Trinajstić information content (AvgIpc) is 3.70. The monoisotopic (exact) mass is 580 g/mol. The second-order valence-corrected chi connectivity index (χ2v) is 12.4. The summed E-state index contributed by atoms with van der Waals surface area (Å²) in [5, 5.41) is 19.4. The highest BCUT2D eigenvalue weighted by atomic mass is 16.5. The van der Waals surface area contributed by atoms with Crippen LogP contribution in [-0.4, -0.2) is 38.7 Å². The lowest BCUT2D eigenvalue weighted by atomic mass is 9.80. The summed E-state index contributed by atoms with van der Waals surface area (Å²) >= 11 is 0. The molecule has 0 radical (unpaired) electrons. The van der Waals surface area contributed by atoms with E-state index in [2.05, 4.69) is 86.6 Å². The largest absolute Gasteiger partial charge is 0.511 e. The zero-order valence-corrected chi connectivity index (χ0v) is 26.4. The number of fused-ring (bicyclic) bond motifs is 8. The van der Waals surface area contributed by atoms with Crippen molar-refractivity contribution in [2.24, 2.45) is 17.8 Å². The number of allylic oxidation sites excluding steroid dienone is 1. The summed E-state index contributed by atoms with van der Waals surface area (Å²) in [7, 11) is 0. The van der Waals surface area contributed by atoms with Crippen molar-refractivity contribution in [3.05, 3.63) is 78.4 Å². The van der Waals surface area contributed by atoms with Gasteiger partial charge in [0.2, 0.25) is 0 Å². The van der Waals surface area contributed by atoms with Gasteiger partial charge < -0.3 is 30.1 Å². The second-order valence-electron chi connectivity index (χ2n) is 12.4. The lowest BCUT2D eigenvalue weighted by Crippen LogP contribution is -2.36. The van der Waals surface area contributed by atoms with Gasteiger partial charge in [0.05, 0.1) is 18.0 Å². The van der Waals surface area contributed by atoms with Crippen LogP contribution < -0.4 is 26.6 Å². The van der Waals surface area contributed by atoms with Gasteiger partial charge >= 0.3 is 5.97 Å². The van der Waals surface area contributed by atoms with Crippen molar-refractivity contribution in [1.82, 2.24) is 20.3 Å². The molecule has 7 nitrogen and oxygen atoms in total. The van der Waals surface area contributed by atoms with Crippen LogP contribution in [0.4, 0.5) is 0 Å². The standard InChI is InChI=1S/C36H44N4O3/c1-9-22-17(4)25-14-27-19(6)24(12-13-31(41)43-11-3)34(39-27)32-21(8)36(42)33-20(7)28(40-35(32)33)16-30-23(10-2)18(5)26(38-30)15-29(22)37-25/h9,14-16,19,21,24,34,37-40,42H,1,10-13H2,2-8H3/b26-15-,27-14-,30-16-/t19-,21+,24-,34?/m0/s1. The lowest BCUT2D eigenvalue weighted by Gasteiger charge is -2.25. The fraction of sp³-hybridized carbons (Fsp3) is 0.417. The SMILES string of the molecule is C=Cc1c2[nH]c(c1C)/C=C1\NC(C3=c4[nH]c(c(C)c4=C(O)[C@@H]3C)/C=c3\[nH]/c(c(C)c3CC)=C\2)[C@@H](CCC(=O)OCC)[C@@H]1C. The van der Waals surface area contributed by atoms with Gasteiger partial charge in [0.25, 0.3) is 0 Å². The summed E-state index contributed by atoms with van der Waals surface area (Å²) in [6.07, 6.45) is 10.5. The van der Waals surface area contributed by atoms with Crippen LogP contribution >= 0.6 is 0 Å². The van der Waals surface area contributed by atoms with E-state index >= 15 is 0 Å². The fourth-order valence-corrected chi connectivity index (χ4v) is 7.67. The van der Waals surface area contributed by atoms with Gasteiger partial charge in [0, 0.05) is 62.5 Å². The predicted octanol–water partition coefficient (Wildman–Crippen LogP) is 3.85. The van der Waals surface area contributed by atoms with E-state index in [1.54, 1.807) is 0 Å². The third-order valence-electron chi connectivity index (χ3n) is 10.2. The zero-order valence-electron chi connectivity index (χ0n) is 26.4. The minimum Gasteiger partial charge on any atom is -0.511 e. The van der Waals surface area contributed by atoms with Gasteiger partial charge in [-0.1, -0.05) is 33.4 Å². The molecule has 2 aliphatic heterocycles. The number of esters is 1. The van der Waals surface area contributed by atoms with Crippen LogP contribution in [0.25, 0.3) is 35.6 Å². The molecule has 1 aliphatic carbocycles. The fourth-order valence-electron chi connectivity index (χ4n) is 7.67. The molecule has 0 saturated carbocycles. The number of aliphatic hydroxyl groups is 1. The number of hydrogen-bond donors (Lipinski definition) is 5. The van der Waals surface area contributed by atoms with E-state index in [1.807, 2.05) is 13.0 Å². The smallest absolute Gasteiger partial charge is 0.305 e. The van der Waals surface area contributed by atoms with E-state index < -0.39 is 0 Å². The zero-order chi connectivity index (χ0) is 30.7. The van der Waals surface area contributed by atoms with Gasteiger partial charge in [0.15, 0.2) is 0 Å². The molecular weight excluding hydrogens is 536 g/mol. The summed E-state index contributed by atoms with van der Waals surface area (Å²) in [6, 6.07) is -0.0569. The molecule has 6 rings (SSSR count). The average molecular weight is 581 g/mol. The topological polar surface area (TPSA) is 106 Å². The Morgan fingerprint density at radius 1 is 0.977 bits per heavy atom. The molecule has 1 saturated heterocycles. The quantitative estimate of drug-likeness (QED) is 0.286. The van der Waals surface area contributed by atoms with Crippen molar-refractivity contribution in [2.75, 3.05) is 6.61 Å². The van der Waals surface area contributed by atoms with Gasteiger partial charge in [-0.3, -0.25) is 4.79 Å². The molecule has 3 aromatic rings. The van der Waals surface area contributed by atoms with Crippen molar-refractivity contribution in [3.8, 4) is 0 Å². The Morgan fingerprint density at radius 2 is 1.70 bits per heavy atom. The van der Waals surface area contributed by atoms with E-state index in [9.17, 15) is 9.90 Å². The van der Waals surface area contributed by atoms with E-state index in [1.165, 1.54) is 11.1 Å². The Morgan fingerprint density at radius 3 is 2.40 bits per heavy atom. The molecule has 3 aromatic heterocycles. The summed E-state index contributed by atoms with van der Waals surface area (Å²) in [5.74, 6) is 0.389. The number of H-pyrrole nitrogens is 3. The second kappa shape index (κ2) is 10.9. The number of ether oxygens (including phenoxy) is 1. The number of carbonyl (C=O) groups excluding carboxylic acids is 1. The molecule has 43 heavy (non-hydrogen) atoms. The first kappa shape index (κ1) is 29.0. The molecule has 1 fully saturated rings. The molecule has 8 bridgehead atoms. The van der Waals surface area contributed by atoms with E-state index in [-0.39, 0.29) is 29.8 Å². The number of aromatic amines is 3. The van der Waals surface area contributed by atoms with Gasteiger partial charge in [0.1, 0.15) is 5.76 Å². The molecule has 0 aromatic carbocycles. The molecule has 0 spiro atoms. The van der Waals surface area contributed by atoms with E-state index in [4.69, 9.17) is 4.74 Å². The van der Waals surface area contributed by atoms with E-state index in [0.29, 0.717) is 25.2 Å². The summed E-state index contributed by atoms with van der Waals surface area (Å²) in [4.78, 5) is 23.6. The number of aliphatic hydroxyl groups excluding tert-OH is 1. The van der Waals surface area contributed by atoms with Gasteiger partial charge in [-0.2, -0.15) is 0 Å². The van der Waals surface area contributed by atoms with Crippen LogP contribution in [0.3, 0.4) is 0 Å². The molecule has 226 valence electrons. The minimum atomic E-state index is -0.167. The third-order valence-corrected chi connectivity index (χ3v) is 10.2. The van der Waals surface area contributed by atoms with Crippen molar-refractivity contribution in [2.45, 2.75) is 73.8 Å². The Labute approximate surface area is 252 Å². The van der Waals surface area contributed by atoms with Crippen LogP contribution in [0.15, 0.2) is 12.3 Å². The first-order chi connectivity index (χ1) is 20.6. The van der Waals surface area contributed by atoms with Crippen LogP contribution in [0.5, 0.6) is 0 Å². The normalized spacial score (nSPS) is 25.0. The highest BCUT2D eigenvalue weighted by Gasteiger charge is 2.43. The first-order valence-electron chi connectivity index (χ1n) is 15.6. The predicted molar refractivity (Wildman–Crippen MR) is 174 cm³/mol. The van der Waals surface area contributed by atoms with Gasteiger partial charge in [-0.15, -0.1) is 0 Å². The van der Waals surface area contributed by atoms with Crippen LogP contribution in [0.2, 0.25) is 0 Å². The molecule has 1 unspecified atom stereocenters. The molecule has 5 heterocycles. The van der Waals surface area contributed by atoms with Crippen molar-refractivity contribution in [1.29, 1.82) is 0 Å². The molecule has 5 N–H and O–H groups in total. The van der Waals surface area contributed by atoms with Crippen molar-refractivity contribution < 1.29 is 14.6 Å². The third kappa shape index (κ3) is 4.52.